The van der Waals surface area contributed by atoms with E-state index in [0.29, 0.717) is 0 Å². The smallest absolute Gasteiger partial charge is 0.340 e. The molecule has 0 fully saturated rings. The zero-order chi connectivity index (χ0) is 12.3. The molecule has 0 aliphatic carbocycles. The van der Waals surface area contributed by atoms with E-state index in [-0.39, 0.29) is 16.5 Å². The Morgan fingerprint density at radius 3 is 2.50 bits per heavy atom. The molecule has 1 aromatic carbocycles. The van der Waals surface area contributed by atoms with Crippen LogP contribution in [0.4, 0.5) is 23.2 Å². The molecule has 1 aromatic rings. The second kappa shape index (κ2) is 4.78. The molecule has 0 heterocycles. The Bertz CT molecular complexity index is 352. The Labute approximate surface area is 93.9 Å². The van der Waals surface area contributed by atoms with E-state index in [2.05, 4.69) is 4.74 Å². The van der Waals surface area contributed by atoms with Gasteiger partial charge in [0.15, 0.2) is 12.4 Å². The number of para-hydroxylation sites is 1. The van der Waals surface area contributed by atoms with Crippen LogP contribution in [0.5, 0.6) is 5.75 Å². The second-order valence-corrected chi connectivity index (χ2v) is 3.42. The van der Waals surface area contributed by atoms with Gasteiger partial charge in [0.05, 0.1) is 10.7 Å². The summed E-state index contributed by atoms with van der Waals surface area (Å²) in [5.41, 5.74) is 5.40. The fourth-order valence-corrected chi connectivity index (χ4v) is 1.15. The molecular weight excluding hydrogens is 250 g/mol. The predicted octanol–water partition coefficient (Wildman–Crippen LogP) is 3.20. The minimum absolute atomic E-state index is 0.00920. The third kappa shape index (κ3) is 2.91. The lowest BCUT2D eigenvalue weighted by Gasteiger charge is -2.17. The van der Waals surface area contributed by atoms with Crippen molar-refractivity contribution in [3.05, 3.63) is 23.2 Å². The molecule has 0 aliphatic rings. The van der Waals surface area contributed by atoms with Gasteiger partial charge in [0.2, 0.25) is 0 Å². The van der Waals surface area contributed by atoms with Crippen molar-refractivity contribution in [2.75, 3.05) is 12.3 Å². The van der Waals surface area contributed by atoms with Gasteiger partial charge in [0, 0.05) is 0 Å². The van der Waals surface area contributed by atoms with E-state index in [4.69, 9.17) is 17.3 Å². The lowest BCUT2D eigenvalue weighted by Crippen LogP contribution is -2.33. The number of ether oxygens (including phenoxy) is 1. The van der Waals surface area contributed by atoms with Crippen LogP contribution in [0.1, 0.15) is 0 Å². The van der Waals surface area contributed by atoms with Crippen LogP contribution in [0.2, 0.25) is 5.02 Å². The van der Waals surface area contributed by atoms with Crippen LogP contribution < -0.4 is 10.5 Å². The Morgan fingerprint density at radius 1 is 1.38 bits per heavy atom. The van der Waals surface area contributed by atoms with Gasteiger partial charge in [-0.1, -0.05) is 17.7 Å². The molecule has 2 N–H and O–H groups in total. The number of benzene rings is 1. The van der Waals surface area contributed by atoms with Crippen molar-refractivity contribution >= 4 is 17.3 Å². The van der Waals surface area contributed by atoms with Gasteiger partial charge in [0.1, 0.15) is 0 Å². The molecule has 2 nitrogen and oxygen atoms in total. The summed E-state index contributed by atoms with van der Waals surface area (Å²) in [4.78, 5) is 0. The van der Waals surface area contributed by atoms with Crippen molar-refractivity contribution in [2.45, 2.75) is 12.3 Å². The van der Waals surface area contributed by atoms with E-state index in [9.17, 15) is 17.6 Å². The molecule has 0 bridgehead atoms. The van der Waals surface area contributed by atoms with Gasteiger partial charge < -0.3 is 10.5 Å². The standard InChI is InChI=1S/C9H8ClF4NO/c10-5-2-1-3-6(15)7(5)16-4-9(13,14)8(11)12/h1-3,8H,4,15H2. The minimum atomic E-state index is -4.23. The summed E-state index contributed by atoms with van der Waals surface area (Å²) in [5.74, 6) is -4.45. The molecule has 0 radical (unpaired) electrons. The SMILES string of the molecule is Nc1cccc(Cl)c1OCC(F)(F)C(F)F. The summed E-state index contributed by atoms with van der Waals surface area (Å²) in [7, 11) is 0. The predicted molar refractivity (Wildman–Crippen MR) is 52.3 cm³/mol. The first-order valence-corrected chi connectivity index (χ1v) is 4.55. The Morgan fingerprint density at radius 2 is 2.00 bits per heavy atom. The van der Waals surface area contributed by atoms with Gasteiger partial charge in [-0.2, -0.15) is 8.78 Å². The van der Waals surface area contributed by atoms with Crippen LogP contribution in [0.15, 0.2) is 18.2 Å². The Balaban J connectivity index is 2.75. The van der Waals surface area contributed by atoms with Crippen molar-refractivity contribution in [1.82, 2.24) is 0 Å². The van der Waals surface area contributed by atoms with Crippen molar-refractivity contribution in [1.29, 1.82) is 0 Å². The molecule has 1 rings (SSSR count). The highest BCUT2D eigenvalue weighted by atomic mass is 35.5. The largest absolute Gasteiger partial charge is 0.483 e. The average Bonchev–Trinajstić information content (AvgIpc) is 2.16. The first-order chi connectivity index (χ1) is 7.34. The van der Waals surface area contributed by atoms with Crippen LogP contribution in [-0.4, -0.2) is 19.0 Å². The lowest BCUT2D eigenvalue weighted by molar-refractivity contribution is -0.148. The van der Waals surface area contributed by atoms with Gasteiger partial charge >= 0.3 is 12.3 Å². The summed E-state index contributed by atoms with van der Waals surface area (Å²) >= 11 is 5.60. The quantitative estimate of drug-likeness (QED) is 0.664. The van der Waals surface area contributed by atoms with Gasteiger partial charge in [-0.15, -0.1) is 0 Å². The molecule has 7 heteroatoms. The molecule has 90 valence electrons. The summed E-state index contributed by atoms with van der Waals surface area (Å²) in [5, 5.41) is -0.00920. The number of nitrogen functional groups attached to an aromatic ring is 1. The van der Waals surface area contributed by atoms with E-state index < -0.39 is 19.0 Å². The molecule has 0 aliphatic heterocycles. The highest BCUT2D eigenvalue weighted by molar-refractivity contribution is 6.32. The van der Waals surface area contributed by atoms with Gasteiger partial charge in [-0.05, 0) is 12.1 Å². The highest BCUT2D eigenvalue weighted by Gasteiger charge is 2.42. The number of rotatable bonds is 4. The second-order valence-electron chi connectivity index (χ2n) is 3.01. The molecule has 0 aromatic heterocycles. The lowest BCUT2D eigenvalue weighted by atomic mass is 10.3. The van der Waals surface area contributed by atoms with E-state index in [1.54, 1.807) is 0 Å². The Kier molecular flexibility index (Phi) is 3.85. The molecule has 0 saturated carbocycles. The zero-order valence-electron chi connectivity index (χ0n) is 7.89. The topological polar surface area (TPSA) is 35.2 Å². The average molecular weight is 258 g/mol. The zero-order valence-corrected chi connectivity index (χ0v) is 8.65. The maximum atomic E-state index is 12.5. The van der Waals surface area contributed by atoms with E-state index in [0.717, 1.165) is 0 Å². The summed E-state index contributed by atoms with van der Waals surface area (Å²) in [6.45, 7) is -1.47. The molecule has 16 heavy (non-hydrogen) atoms. The third-order valence-corrected chi connectivity index (χ3v) is 2.02. The number of halogens is 5. The molecule has 0 unspecified atom stereocenters. The van der Waals surface area contributed by atoms with Crippen molar-refractivity contribution in [3.63, 3.8) is 0 Å². The molecule has 0 amide bonds. The minimum Gasteiger partial charge on any atom is -0.483 e. The molecular formula is C9H8ClF4NO. The first-order valence-electron chi connectivity index (χ1n) is 4.17. The summed E-state index contributed by atoms with van der Waals surface area (Å²) in [6, 6.07) is 4.20. The van der Waals surface area contributed by atoms with Crippen molar-refractivity contribution < 1.29 is 22.3 Å². The molecule has 0 atom stereocenters. The molecule has 0 spiro atoms. The first kappa shape index (κ1) is 12.9. The van der Waals surface area contributed by atoms with Gasteiger partial charge in [0.25, 0.3) is 0 Å². The number of hydrogen-bond donors (Lipinski definition) is 1. The fourth-order valence-electron chi connectivity index (χ4n) is 0.909. The van der Waals surface area contributed by atoms with Gasteiger partial charge in [-0.25, -0.2) is 8.78 Å². The Hall–Kier alpha value is -1.17. The maximum Gasteiger partial charge on any atom is 0.340 e. The van der Waals surface area contributed by atoms with Crippen molar-refractivity contribution in [2.24, 2.45) is 0 Å². The van der Waals surface area contributed by atoms with Crippen LogP contribution in [0.3, 0.4) is 0 Å². The number of alkyl halides is 4. The summed E-state index contributed by atoms with van der Waals surface area (Å²) in [6.07, 6.45) is -3.80. The number of anilines is 1. The van der Waals surface area contributed by atoms with Crippen LogP contribution in [-0.2, 0) is 0 Å². The van der Waals surface area contributed by atoms with Crippen molar-refractivity contribution in [3.8, 4) is 5.75 Å². The molecule has 0 saturated heterocycles. The maximum absolute atomic E-state index is 12.5. The van der Waals surface area contributed by atoms with E-state index >= 15 is 0 Å². The number of hydrogen-bond acceptors (Lipinski definition) is 2. The van der Waals surface area contributed by atoms with Crippen LogP contribution in [0, 0.1) is 0 Å². The fraction of sp³-hybridized carbons (Fsp3) is 0.333. The normalized spacial score (nSPS) is 11.9. The van der Waals surface area contributed by atoms with E-state index in [1.165, 1.54) is 18.2 Å². The monoisotopic (exact) mass is 257 g/mol. The van der Waals surface area contributed by atoms with E-state index in [1.807, 2.05) is 0 Å². The third-order valence-electron chi connectivity index (χ3n) is 1.73. The van der Waals surface area contributed by atoms with Crippen LogP contribution in [0.25, 0.3) is 0 Å². The van der Waals surface area contributed by atoms with Crippen LogP contribution >= 0.6 is 11.6 Å². The highest BCUT2D eigenvalue weighted by Crippen LogP contribution is 2.32. The number of nitrogens with two attached hydrogens (primary N) is 1. The van der Waals surface area contributed by atoms with Gasteiger partial charge in [-0.3, -0.25) is 0 Å². The summed E-state index contributed by atoms with van der Waals surface area (Å²) < 4.78 is 53.2.